The van der Waals surface area contributed by atoms with E-state index in [4.69, 9.17) is 10.5 Å². The summed E-state index contributed by atoms with van der Waals surface area (Å²) in [5.74, 6) is -0.0791. The van der Waals surface area contributed by atoms with Crippen LogP contribution >= 0.6 is 0 Å². The highest BCUT2D eigenvalue weighted by Crippen LogP contribution is 2.19. The van der Waals surface area contributed by atoms with Gasteiger partial charge < -0.3 is 5.32 Å². The maximum atomic E-state index is 12.6. The molecule has 112 valence electrons. The number of carbonyl (C=O) groups excluding carboxylic acids is 1. The van der Waals surface area contributed by atoms with Crippen molar-refractivity contribution in [1.82, 2.24) is 5.32 Å². The third-order valence-electron chi connectivity index (χ3n) is 3.31. The minimum Gasteiger partial charge on any atom is -0.393 e. The van der Waals surface area contributed by atoms with Gasteiger partial charge in [-0.3, -0.25) is 4.79 Å². The van der Waals surface area contributed by atoms with Gasteiger partial charge >= 0.3 is 0 Å². The van der Waals surface area contributed by atoms with E-state index in [1.165, 1.54) is 0 Å². The van der Waals surface area contributed by atoms with Gasteiger partial charge in [-0.15, -0.1) is 0 Å². The normalized spacial score (nSPS) is 10.5. The SMILES string of the molecule is CNC=C(C(=O)Cc1cccc(C#N)c1)c1cccc(C#N)c1. The number of allylic oxidation sites excluding steroid dienone is 1. The largest absolute Gasteiger partial charge is 0.393 e. The Kier molecular flexibility index (Phi) is 5.28. The first-order chi connectivity index (χ1) is 11.2. The lowest BCUT2D eigenvalue weighted by Gasteiger charge is -2.08. The van der Waals surface area contributed by atoms with Crippen molar-refractivity contribution >= 4 is 11.4 Å². The van der Waals surface area contributed by atoms with Gasteiger partial charge in [-0.2, -0.15) is 10.5 Å². The van der Waals surface area contributed by atoms with E-state index in [1.54, 1.807) is 55.7 Å². The molecule has 2 aromatic carbocycles. The van der Waals surface area contributed by atoms with Crippen LogP contribution in [-0.2, 0) is 11.2 Å². The van der Waals surface area contributed by atoms with E-state index in [2.05, 4.69) is 17.5 Å². The molecule has 0 atom stereocenters. The average Bonchev–Trinajstić information content (AvgIpc) is 2.59. The van der Waals surface area contributed by atoms with Crippen molar-refractivity contribution in [1.29, 1.82) is 10.5 Å². The molecular weight excluding hydrogens is 286 g/mol. The quantitative estimate of drug-likeness (QED) is 0.861. The van der Waals surface area contributed by atoms with Gasteiger partial charge in [0.05, 0.1) is 23.3 Å². The number of hydrogen-bond acceptors (Lipinski definition) is 4. The van der Waals surface area contributed by atoms with Gasteiger partial charge in [0, 0.05) is 25.2 Å². The summed E-state index contributed by atoms with van der Waals surface area (Å²) in [7, 11) is 1.72. The lowest BCUT2D eigenvalue weighted by Crippen LogP contribution is -2.09. The number of nitriles is 2. The molecule has 0 aliphatic rings. The second-order valence-electron chi connectivity index (χ2n) is 4.95. The lowest BCUT2D eigenvalue weighted by molar-refractivity contribution is -0.113. The first kappa shape index (κ1) is 16.0. The van der Waals surface area contributed by atoms with Gasteiger partial charge in [-0.05, 0) is 35.4 Å². The first-order valence-electron chi connectivity index (χ1n) is 7.08. The third kappa shape index (κ3) is 4.06. The fourth-order valence-electron chi connectivity index (χ4n) is 2.26. The molecule has 0 fully saturated rings. The summed E-state index contributed by atoms with van der Waals surface area (Å²) in [4.78, 5) is 12.6. The molecule has 0 heterocycles. The fraction of sp³-hybridized carbons (Fsp3) is 0.105. The van der Waals surface area contributed by atoms with Crippen molar-refractivity contribution < 1.29 is 4.79 Å². The molecule has 4 heteroatoms. The average molecular weight is 301 g/mol. The Morgan fingerprint density at radius 3 is 2.39 bits per heavy atom. The number of benzene rings is 2. The van der Waals surface area contributed by atoms with Gasteiger partial charge in [-0.25, -0.2) is 0 Å². The van der Waals surface area contributed by atoms with Crippen molar-refractivity contribution in [2.75, 3.05) is 7.05 Å². The number of carbonyl (C=O) groups is 1. The van der Waals surface area contributed by atoms with Crippen molar-refractivity contribution in [3.63, 3.8) is 0 Å². The van der Waals surface area contributed by atoms with Crippen molar-refractivity contribution in [2.24, 2.45) is 0 Å². The highest BCUT2D eigenvalue weighted by atomic mass is 16.1. The van der Waals surface area contributed by atoms with Crippen LogP contribution in [0.2, 0.25) is 0 Å². The summed E-state index contributed by atoms with van der Waals surface area (Å²) >= 11 is 0. The van der Waals surface area contributed by atoms with Crippen LogP contribution in [0.5, 0.6) is 0 Å². The standard InChI is InChI=1S/C19H15N3O/c1-22-13-18(17-7-3-6-16(9-17)12-21)19(23)10-14-4-2-5-15(8-14)11-20/h2-9,13,22H,10H2,1H3. The van der Waals surface area contributed by atoms with Crippen molar-refractivity contribution in [3.8, 4) is 12.1 Å². The van der Waals surface area contributed by atoms with Gasteiger partial charge in [0.15, 0.2) is 5.78 Å². The summed E-state index contributed by atoms with van der Waals surface area (Å²) in [5.41, 5.74) is 3.02. The lowest BCUT2D eigenvalue weighted by atomic mass is 9.96. The molecular formula is C19H15N3O. The van der Waals surface area contributed by atoms with Crippen LogP contribution in [0.3, 0.4) is 0 Å². The molecule has 23 heavy (non-hydrogen) atoms. The molecule has 0 aliphatic heterocycles. The second kappa shape index (κ2) is 7.59. The molecule has 0 radical (unpaired) electrons. The van der Waals surface area contributed by atoms with Crippen LogP contribution in [0.15, 0.2) is 54.7 Å². The molecule has 1 N–H and O–H groups in total. The summed E-state index contributed by atoms with van der Waals surface area (Å²) in [6.07, 6.45) is 1.83. The van der Waals surface area contributed by atoms with E-state index in [0.717, 1.165) is 5.56 Å². The molecule has 2 aromatic rings. The zero-order chi connectivity index (χ0) is 16.7. The number of nitrogens with one attached hydrogen (secondary N) is 1. The van der Waals surface area contributed by atoms with Crippen molar-refractivity contribution in [3.05, 3.63) is 77.0 Å². The Morgan fingerprint density at radius 1 is 1.09 bits per heavy atom. The summed E-state index contributed by atoms with van der Waals surface area (Å²) < 4.78 is 0. The minimum absolute atomic E-state index is 0.0791. The Morgan fingerprint density at radius 2 is 1.74 bits per heavy atom. The minimum atomic E-state index is -0.0791. The van der Waals surface area contributed by atoms with E-state index < -0.39 is 0 Å². The van der Waals surface area contributed by atoms with E-state index in [0.29, 0.717) is 22.3 Å². The van der Waals surface area contributed by atoms with Crippen LogP contribution in [0, 0.1) is 22.7 Å². The van der Waals surface area contributed by atoms with Crippen LogP contribution in [0.4, 0.5) is 0 Å². The van der Waals surface area contributed by atoms with Gasteiger partial charge in [0.2, 0.25) is 0 Å². The molecule has 0 saturated heterocycles. The molecule has 0 bridgehead atoms. The second-order valence-corrected chi connectivity index (χ2v) is 4.95. The zero-order valence-corrected chi connectivity index (χ0v) is 12.7. The van der Waals surface area contributed by atoms with Gasteiger partial charge in [0.1, 0.15) is 0 Å². The molecule has 0 aromatic heterocycles. The Bertz CT molecular complexity index is 838. The van der Waals surface area contributed by atoms with E-state index in [-0.39, 0.29) is 12.2 Å². The number of rotatable bonds is 5. The number of Topliss-reactive ketones (excluding diaryl/α,β-unsaturated/α-hetero) is 1. The summed E-state index contributed by atoms with van der Waals surface area (Å²) in [6.45, 7) is 0. The van der Waals surface area contributed by atoms with Crippen molar-refractivity contribution in [2.45, 2.75) is 6.42 Å². The highest BCUT2D eigenvalue weighted by molar-refractivity contribution is 6.21. The van der Waals surface area contributed by atoms with Gasteiger partial charge in [0.25, 0.3) is 0 Å². The first-order valence-corrected chi connectivity index (χ1v) is 7.08. The molecule has 4 nitrogen and oxygen atoms in total. The maximum Gasteiger partial charge on any atom is 0.169 e. The molecule has 0 spiro atoms. The Hall–Kier alpha value is -3.37. The molecule has 0 unspecified atom stereocenters. The summed E-state index contributed by atoms with van der Waals surface area (Å²) in [6, 6.07) is 18.1. The highest BCUT2D eigenvalue weighted by Gasteiger charge is 2.13. The van der Waals surface area contributed by atoms with Crippen LogP contribution in [0.1, 0.15) is 22.3 Å². The smallest absolute Gasteiger partial charge is 0.169 e. The van der Waals surface area contributed by atoms with Crippen LogP contribution < -0.4 is 5.32 Å². The number of nitrogens with zero attached hydrogens (tertiary/aromatic N) is 2. The van der Waals surface area contributed by atoms with E-state index in [1.807, 2.05) is 6.07 Å². The predicted molar refractivity (Wildman–Crippen MR) is 88.1 cm³/mol. The molecule has 0 saturated carbocycles. The van der Waals surface area contributed by atoms with Gasteiger partial charge in [-0.1, -0.05) is 24.3 Å². The van der Waals surface area contributed by atoms with Crippen LogP contribution in [-0.4, -0.2) is 12.8 Å². The number of hydrogen-bond donors (Lipinski definition) is 1. The third-order valence-corrected chi connectivity index (χ3v) is 3.31. The van der Waals surface area contributed by atoms with E-state index >= 15 is 0 Å². The monoisotopic (exact) mass is 301 g/mol. The number of ketones is 1. The maximum absolute atomic E-state index is 12.6. The zero-order valence-electron chi connectivity index (χ0n) is 12.7. The summed E-state index contributed by atoms with van der Waals surface area (Å²) in [5, 5.41) is 20.8. The molecule has 0 amide bonds. The molecule has 0 aliphatic carbocycles. The Labute approximate surface area is 135 Å². The van der Waals surface area contributed by atoms with Crippen LogP contribution in [0.25, 0.3) is 5.57 Å². The molecule has 2 rings (SSSR count). The topological polar surface area (TPSA) is 76.7 Å². The Balaban J connectivity index is 2.31. The fourth-order valence-corrected chi connectivity index (χ4v) is 2.26. The van der Waals surface area contributed by atoms with E-state index in [9.17, 15) is 4.79 Å². The predicted octanol–water partition coefficient (Wildman–Crippen LogP) is 2.80.